The second kappa shape index (κ2) is 8.71. The molecule has 0 saturated heterocycles. The van der Waals surface area contributed by atoms with E-state index in [2.05, 4.69) is 9.88 Å². The maximum absolute atomic E-state index is 13.8. The maximum Gasteiger partial charge on any atom is 0.420 e. The van der Waals surface area contributed by atoms with Gasteiger partial charge in [0.15, 0.2) is 0 Å². The topological polar surface area (TPSA) is 84.7 Å². The van der Waals surface area contributed by atoms with Crippen LogP contribution in [0.3, 0.4) is 0 Å². The first kappa shape index (κ1) is 24.8. The van der Waals surface area contributed by atoms with Gasteiger partial charge in [0.2, 0.25) is 0 Å². The number of imidazole rings is 1. The Hall–Kier alpha value is -3.33. The van der Waals surface area contributed by atoms with Crippen LogP contribution in [0.2, 0.25) is 0 Å². The maximum atomic E-state index is 13.8. The van der Waals surface area contributed by atoms with E-state index in [0.29, 0.717) is 30.2 Å². The Bertz CT molecular complexity index is 1400. The number of fused-ring (bicyclic) bond motifs is 1. The Kier molecular flexibility index (Phi) is 6.17. The highest BCUT2D eigenvalue weighted by Gasteiger charge is 2.33. The van der Waals surface area contributed by atoms with Crippen molar-refractivity contribution in [3.8, 4) is 11.3 Å². The number of hydrogen-bond acceptors (Lipinski definition) is 6. The van der Waals surface area contributed by atoms with Gasteiger partial charge in [0.25, 0.3) is 10.0 Å². The average molecular weight is 497 g/mol. The Morgan fingerprint density at radius 2 is 1.74 bits per heavy atom. The number of nitrogens with zero attached hydrogens (tertiary/aromatic N) is 4. The molecule has 0 aliphatic carbocycles. The Labute approximate surface area is 207 Å². The highest BCUT2D eigenvalue weighted by Crippen LogP contribution is 2.39. The quantitative estimate of drug-likeness (QED) is 0.513. The molecule has 0 atom stereocenters. The van der Waals surface area contributed by atoms with Crippen LogP contribution in [0, 0.1) is 20.8 Å². The summed E-state index contributed by atoms with van der Waals surface area (Å²) < 4.78 is 35.9. The largest absolute Gasteiger partial charge is 0.443 e. The van der Waals surface area contributed by atoms with E-state index in [-0.39, 0.29) is 4.90 Å². The number of para-hydroxylation sites is 1. The van der Waals surface area contributed by atoms with Crippen LogP contribution < -0.4 is 9.21 Å². The van der Waals surface area contributed by atoms with Gasteiger partial charge < -0.3 is 9.64 Å². The molecule has 8 nitrogen and oxygen atoms in total. The van der Waals surface area contributed by atoms with Crippen molar-refractivity contribution in [3.05, 3.63) is 59.5 Å². The van der Waals surface area contributed by atoms with Crippen molar-refractivity contribution in [2.75, 3.05) is 29.3 Å². The molecule has 0 bridgehead atoms. The van der Waals surface area contributed by atoms with Gasteiger partial charge in [-0.15, -0.1) is 0 Å². The van der Waals surface area contributed by atoms with Crippen LogP contribution in [0.25, 0.3) is 11.3 Å². The van der Waals surface area contributed by atoms with Gasteiger partial charge in [0, 0.05) is 25.4 Å². The molecule has 0 amide bonds. The molecule has 0 unspecified atom stereocenters. The van der Waals surface area contributed by atoms with Crippen LogP contribution in [0.5, 0.6) is 0 Å². The van der Waals surface area contributed by atoms with Gasteiger partial charge >= 0.3 is 6.09 Å². The van der Waals surface area contributed by atoms with Gasteiger partial charge in [-0.05, 0) is 70.9 Å². The first-order chi connectivity index (χ1) is 16.3. The van der Waals surface area contributed by atoms with Gasteiger partial charge in [-0.3, -0.25) is 4.31 Å². The second-order valence-corrected chi connectivity index (χ2v) is 11.8. The zero-order chi connectivity index (χ0) is 25.7. The molecule has 35 heavy (non-hydrogen) atoms. The smallest absolute Gasteiger partial charge is 0.420 e. The molecule has 0 saturated carbocycles. The molecule has 2 heterocycles. The number of carbonyl (C=O) groups is 1. The molecule has 1 aliphatic heterocycles. The number of rotatable bonds is 3. The van der Waals surface area contributed by atoms with Crippen molar-refractivity contribution in [2.24, 2.45) is 0 Å². The van der Waals surface area contributed by atoms with Crippen LogP contribution >= 0.6 is 0 Å². The lowest BCUT2D eigenvalue weighted by Crippen LogP contribution is -2.43. The summed E-state index contributed by atoms with van der Waals surface area (Å²) in [6.45, 7) is 11.8. The standard InChI is InChI=1S/C26H32N4O4S/c1-17-9-8-10-22-24(17)30(14-13-28(22)7)35(32,33)23-12-11-20(15-18(23)2)21-16-29(19(3)27-21)25(31)34-26(4,5)6/h8-12,15-16H,13-14H2,1-7H3. The molecule has 186 valence electrons. The zero-order valence-corrected chi connectivity index (χ0v) is 22.1. The van der Waals surface area contributed by atoms with E-state index in [1.807, 2.05) is 32.2 Å². The van der Waals surface area contributed by atoms with Crippen LogP contribution in [0.1, 0.15) is 37.7 Å². The number of aryl methyl sites for hydroxylation is 3. The summed E-state index contributed by atoms with van der Waals surface area (Å²) in [6.07, 6.45) is 1.11. The van der Waals surface area contributed by atoms with Gasteiger partial charge in [-0.2, -0.15) is 0 Å². The molecular formula is C26H32N4O4S. The van der Waals surface area contributed by atoms with Crippen molar-refractivity contribution >= 4 is 27.5 Å². The lowest BCUT2D eigenvalue weighted by atomic mass is 10.1. The fourth-order valence-corrected chi connectivity index (χ4v) is 6.06. The molecule has 1 aliphatic rings. The van der Waals surface area contributed by atoms with Crippen molar-refractivity contribution < 1.29 is 17.9 Å². The fraction of sp³-hybridized carbons (Fsp3) is 0.385. The van der Waals surface area contributed by atoms with E-state index in [1.54, 1.807) is 59.0 Å². The Morgan fingerprint density at radius 1 is 1.03 bits per heavy atom. The number of sulfonamides is 1. The third kappa shape index (κ3) is 4.65. The highest BCUT2D eigenvalue weighted by atomic mass is 32.2. The normalized spacial score (nSPS) is 14.1. The molecule has 4 rings (SSSR count). The fourth-order valence-electron chi connectivity index (χ4n) is 4.31. The summed E-state index contributed by atoms with van der Waals surface area (Å²) in [7, 11) is -1.81. The van der Waals surface area contributed by atoms with Crippen molar-refractivity contribution in [1.29, 1.82) is 0 Å². The summed E-state index contributed by atoms with van der Waals surface area (Å²) in [4.78, 5) is 19.3. The predicted molar refractivity (Wildman–Crippen MR) is 138 cm³/mol. The molecular weight excluding hydrogens is 464 g/mol. The summed E-state index contributed by atoms with van der Waals surface area (Å²) in [5, 5.41) is 0. The number of anilines is 2. The van der Waals surface area contributed by atoms with Crippen molar-refractivity contribution in [1.82, 2.24) is 9.55 Å². The average Bonchev–Trinajstić information content (AvgIpc) is 3.15. The molecule has 2 aromatic carbocycles. The van der Waals surface area contributed by atoms with E-state index in [0.717, 1.165) is 22.5 Å². The SMILES string of the molecule is Cc1cc(-c2cn(C(=O)OC(C)(C)C)c(C)n2)ccc1S(=O)(=O)N1CCN(C)c2cccc(C)c21. The van der Waals surface area contributed by atoms with Gasteiger partial charge in [0.05, 0.1) is 28.5 Å². The molecule has 1 aromatic heterocycles. The zero-order valence-electron chi connectivity index (χ0n) is 21.3. The number of ether oxygens (including phenoxy) is 1. The lowest BCUT2D eigenvalue weighted by Gasteiger charge is -2.37. The van der Waals surface area contributed by atoms with E-state index in [1.165, 1.54) is 8.87 Å². The number of likely N-dealkylation sites (N-methyl/N-ethyl adjacent to an activating group) is 1. The minimum absolute atomic E-state index is 0.253. The van der Waals surface area contributed by atoms with Crippen LogP contribution in [-0.4, -0.2) is 49.8 Å². The molecule has 3 aromatic rings. The molecule has 9 heteroatoms. The van der Waals surface area contributed by atoms with Gasteiger partial charge in [-0.25, -0.2) is 22.8 Å². The number of hydrogen-bond donors (Lipinski definition) is 0. The van der Waals surface area contributed by atoms with E-state index in [4.69, 9.17) is 4.74 Å². The molecule has 0 N–H and O–H groups in total. The predicted octanol–water partition coefficient (Wildman–Crippen LogP) is 4.90. The molecule has 0 radical (unpaired) electrons. The summed E-state index contributed by atoms with van der Waals surface area (Å²) >= 11 is 0. The first-order valence-corrected chi connectivity index (χ1v) is 13.0. The minimum Gasteiger partial charge on any atom is -0.443 e. The summed E-state index contributed by atoms with van der Waals surface area (Å²) in [6, 6.07) is 11.0. The number of benzene rings is 2. The third-order valence-corrected chi connectivity index (χ3v) is 7.99. The minimum atomic E-state index is -3.78. The summed E-state index contributed by atoms with van der Waals surface area (Å²) in [5.74, 6) is 0.494. The molecule has 0 spiro atoms. The lowest BCUT2D eigenvalue weighted by molar-refractivity contribution is 0.0533. The number of carbonyl (C=O) groups excluding carboxylic acids is 1. The summed E-state index contributed by atoms with van der Waals surface area (Å²) in [5.41, 5.74) is 3.81. The van der Waals surface area contributed by atoms with Gasteiger partial charge in [0.1, 0.15) is 11.4 Å². The Balaban J connectivity index is 1.69. The van der Waals surface area contributed by atoms with E-state index < -0.39 is 21.7 Å². The second-order valence-electron chi connectivity index (χ2n) is 9.95. The van der Waals surface area contributed by atoms with Crippen LogP contribution in [-0.2, 0) is 14.8 Å². The Morgan fingerprint density at radius 3 is 2.40 bits per heavy atom. The van der Waals surface area contributed by atoms with Crippen molar-refractivity contribution in [3.63, 3.8) is 0 Å². The highest BCUT2D eigenvalue weighted by molar-refractivity contribution is 7.93. The first-order valence-electron chi connectivity index (χ1n) is 11.5. The van der Waals surface area contributed by atoms with Crippen LogP contribution in [0.4, 0.5) is 16.2 Å². The third-order valence-electron chi connectivity index (χ3n) is 6.03. The number of aromatic nitrogens is 2. The van der Waals surface area contributed by atoms with E-state index >= 15 is 0 Å². The van der Waals surface area contributed by atoms with Crippen molar-refractivity contribution in [2.45, 2.75) is 52.0 Å². The molecule has 0 fully saturated rings. The van der Waals surface area contributed by atoms with Gasteiger partial charge in [-0.1, -0.05) is 18.2 Å². The monoisotopic (exact) mass is 496 g/mol. The van der Waals surface area contributed by atoms with Crippen LogP contribution in [0.15, 0.2) is 47.5 Å². The van der Waals surface area contributed by atoms with E-state index in [9.17, 15) is 13.2 Å².